The van der Waals surface area contributed by atoms with Crippen LogP contribution in [0.1, 0.15) is 37.0 Å². The molecule has 1 fully saturated rings. The van der Waals surface area contributed by atoms with Crippen molar-refractivity contribution < 1.29 is 22.1 Å². The zero-order chi connectivity index (χ0) is 19.3. The minimum Gasteiger partial charge on any atom is -0.496 e. The van der Waals surface area contributed by atoms with Gasteiger partial charge in [-0.1, -0.05) is 6.92 Å². The number of methoxy groups -OCH3 is 1. The molecular formula is C17H27N3O5S. The Bertz CT molecular complexity index is 751. The third-order valence-electron chi connectivity index (χ3n) is 4.52. The van der Waals surface area contributed by atoms with Crippen LogP contribution in [0.15, 0.2) is 17.0 Å². The Balaban J connectivity index is 2.25. The van der Waals surface area contributed by atoms with Gasteiger partial charge in [-0.15, -0.1) is 0 Å². The van der Waals surface area contributed by atoms with Crippen molar-refractivity contribution >= 4 is 21.7 Å². The van der Waals surface area contributed by atoms with Gasteiger partial charge in [0.1, 0.15) is 10.6 Å². The molecule has 1 atom stereocenters. The molecule has 1 saturated heterocycles. The number of hydrogen-bond donors (Lipinski definition) is 2. The van der Waals surface area contributed by atoms with E-state index in [0.717, 1.165) is 25.9 Å². The van der Waals surface area contributed by atoms with Crippen molar-refractivity contribution in [3.05, 3.63) is 17.7 Å². The molecule has 8 nitrogen and oxygen atoms in total. The largest absolute Gasteiger partial charge is 0.496 e. The predicted octanol–water partition coefficient (Wildman–Crippen LogP) is 1.22. The Labute approximate surface area is 154 Å². The number of anilines is 1. The van der Waals surface area contributed by atoms with Crippen molar-refractivity contribution in [2.24, 2.45) is 0 Å². The first-order valence-electron chi connectivity index (χ1n) is 8.73. The van der Waals surface area contributed by atoms with Crippen LogP contribution < -0.4 is 15.8 Å². The topological polar surface area (TPSA) is 111 Å². The summed E-state index contributed by atoms with van der Waals surface area (Å²) in [4.78, 5) is 14.7. The van der Waals surface area contributed by atoms with E-state index in [4.69, 9.17) is 14.7 Å². The molecule has 0 spiro atoms. The lowest BCUT2D eigenvalue weighted by Crippen LogP contribution is -2.40. The zero-order valence-corrected chi connectivity index (χ0v) is 16.3. The van der Waals surface area contributed by atoms with Crippen LogP contribution in [0.25, 0.3) is 0 Å². The molecule has 0 aliphatic carbocycles. The third kappa shape index (κ3) is 4.46. The Hall–Kier alpha value is -1.84. The SMILES string of the molecule is CCOS(=O)(=O)c1cc(C(=O)NCC2CCCN2CC)c(OC)cc1N. The number of nitrogens with two attached hydrogens (primary N) is 1. The van der Waals surface area contributed by atoms with Crippen LogP contribution in [0.4, 0.5) is 5.69 Å². The van der Waals surface area contributed by atoms with Crippen molar-refractivity contribution in [3.63, 3.8) is 0 Å². The molecule has 2 rings (SSSR count). The van der Waals surface area contributed by atoms with E-state index in [1.54, 1.807) is 6.92 Å². The van der Waals surface area contributed by atoms with Crippen LogP contribution >= 0.6 is 0 Å². The summed E-state index contributed by atoms with van der Waals surface area (Å²) in [6, 6.07) is 2.82. The van der Waals surface area contributed by atoms with Gasteiger partial charge in [0.05, 0.1) is 25.0 Å². The Kier molecular flexibility index (Phi) is 6.85. The maximum atomic E-state index is 12.6. The summed E-state index contributed by atoms with van der Waals surface area (Å²) in [5.41, 5.74) is 5.90. The third-order valence-corrected chi connectivity index (χ3v) is 5.96. The number of rotatable bonds is 8. The summed E-state index contributed by atoms with van der Waals surface area (Å²) >= 11 is 0. The zero-order valence-electron chi connectivity index (χ0n) is 15.4. The maximum Gasteiger partial charge on any atom is 0.299 e. The molecule has 0 radical (unpaired) electrons. The van der Waals surface area contributed by atoms with Gasteiger partial charge >= 0.3 is 0 Å². The molecule has 0 bridgehead atoms. The number of benzene rings is 1. The number of hydrogen-bond acceptors (Lipinski definition) is 7. The van der Waals surface area contributed by atoms with Gasteiger partial charge in [0.15, 0.2) is 0 Å². The number of nitrogens with one attached hydrogen (secondary N) is 1. The van der Waals surface area contributed by atoms with Crippen LogP contribution in [-0.2, 0) is 14.3 Å². The van der Waals surface area contributed by atoms with Crippen molar-refractivity contribution in [2.45, 2.75) is 37.6 Å². The second-order valence-corrected chi connectivity index (χ2v) is 7.67. The fraction of sp³-hybridized carbons (Fsp3) is 0.588. The van der Waals surface area contributed by atoms with Crippen molar-refractivity contribution in [3.8, 4) is 5.75 Å². The van der Waals surface area contributed by atoms with E-state index in [-0.39, 0.29) is 34.5 Å². The molecule has 146 valence electrons. The molecule has 3 N–H and O–H groups in total. The minimum absolute atomic E-state index is 0.0239. The van der Waals surface area contributed by atoms with Crippen molar-refractivity contribution in [1.82, 2.24) is 10.2 Å². The molecule has 0 saturated carbocycles. The van der Waals surface area contributed by atoms with Crippen LogP contribution in [0, 0.1) is 0 Å². The van der Waals surface area contributed by atoms with Gasteiger partial charge in [0.2, 0.25) is 0 Å². The molecule has 0 aromatic heterocycles. The highest BCUT2D eigenvalue weighted by atomic mass is 32.2. The molecule has 1 aromatic rings. The monoisotopic (exact) mass is 385 g/mol. The Morgan fingerprint density at radius 1 is 1.38 bits per heavy atom. The number of nitrogens with zero attached hydrogens (tertiary/aromatic N) is 1. The molecule has 1 heterocycles. The molecular weight excluding hydrogens is 358 g/mol. The molecule has 1 aromatic carbocycles. The molecule has 1 amide bonds. The van der Waals surface area contributed by atoms with E-state index < -0.39 is 16.0 Å². The number of likely N-dealkylation sites (tertiary alicyclic amines) is 1. The van der Waals surface area contributed by atoms with E-state index in [1.807, 2.05) is 0 Å². The summed E-state index contributed by atoms with van der Waals surface area (Å²) in [7, 11) is -2.63. The van der Waals surface area contributed by atoms with Gasteiger partial charge in [-0.2, -0.15) is 8.42 Å². The predicted molar refractivity (Wildman–Crippen MR) is 98.8 cm³/mol. The highest BCUT2D eigenvalue weighted by Gasteiger charge is 2.26. The van der Waals surface area contributed by atoms with Gasteiger partial charge in [-0.25, -0.2) is 0 Å². The van der Waals surface area contributed by atoms with Crippen LogP contribution in [-0.4, -0.2) is 58.6 Å². The molecule has 1 unspecified atom stereocenters. The fourth-order valence-electron chi connectivity index (χ4n) is 3.21. The lowest BCUT2D eigenvalue weighted by Gasteiger charge is -2.23. The number of carbonyl (C=O) groups is 1. The van der Waals surface area contributed by atoms with Crippen LogP contribution in [0.2, 0.25) is 0 Å². The second-order valence-electron chi connectivity index (χ2n) is 6.09. The summed E-state index contributed by atoms with van der Waals surface area (Å²) in [6.45, 7) is 6.08. The first-order valence-corrected chi connectivity index (χ1v) is 10.1. The maximum absolute atomic E-state index is 12.6. The van der Waals surface area contributed by atoms with Crippen molar-refractivity contribution in [1.29, 1.82) is 0 Å². The molecule has 9 heteroatoms. The van der Waals surface area contributed by atoms with Crippen LogP contribution in [0.3, 0.4) is 0 Å². The smallest absolute Gasteiger partial charge is 0.299 e. The van der Waals surface area contributed by atoms with E-state index >= 15 is 0 Å². The summed E-state index contributed by atoms with van der Waals surface area (Å²) in [5.74, 6) is -0.188. The normalized spacial score (nSPS) is 18.0. The highest BCUT2D eigenvalue weighted by Crippen LogP contribution is 2.29. The lowest BCUT2D eigenvalue weighted by atomic mass is 10.1. The van der Waals surface area contributed by atoms with E-state index in [0.29, 0.717) is 6.54 Å². The van der Waals surface area contributed by atoms with Crippen molar-refractivity contribution in [2.75, 3.05) is 39.1 Å². The van der Waals surface area contributed by atoms with Gasteiger partial charge < -0.3 is 15.8 Å². The molecule has 26 heavy (non-hydrogen) atoms. The van der Waals surface area contributed by atoms with E-state index in [2.05, 4.69) is 17.1 Å². The average molecular weight is 385 g/mol. The Morgan fingerprint density at radius 3 is 2.73 bits per heavy atom. The lowest BCUT2D eigenvalue weighted by molar-refractivity contribution is 0.0938. The van der Waals surface area contributed by atoms with Crippen LogP contribution in [0.5, 0.6) is 5.75 Å². The average Bonchev–Trinajstić information content (AvgIpc) is 3.06. The standard InChI is InChI=1S/C17H27N3O5S/c1-4-20-8-6-7-12(20)11-19-17(21)13-9-16(26(22,23)25-5-2)14(18)10-15(13)24-3/h9-10,12H,4-8,11,18H2,1-3H3,(H,19,21). The summed E-state index contributed by atoms with van der Waals surface area (Å²) in [5, 5.41) is 2.87. The minimum atomic E-state index is -4.03. The summed E-state index contributed by atoms with van der Waals surface area (Å²) < 4.78 is 34.4. The number of ether oxygens (including phenoxy) is 1. The number of nitrogen functional groups attached to an aromatic ring is 1. The number of amides is 1. The number of likely N-dealkylation sites (N-methyl/N-ethyl adjacent to an activating group) is 1. The Morgan fingerprint density at radius 2 is 2.12 bits per heavy atom. The van der Waals surface area contributed by atoms with E-state index in [1.165, 1.54) is 19.2 Å². The van der Waals surface area contributed by atoms with Gasteiger partial charge in [-0.3, -0.25) is 13.9 Å². The first-order chi connectivity index (χ1) is 12.3. The molecule has 1 aliphatic heterocycles. The number of carbonyl (C=O) groups excluding carboxylic acids is 1. The summed E-state index contributed by atoms with van der Waals surface area (Å²) in [6.07, 6.45) is 2.13. The van der Waals surface area contributed by atoms with Gasteiger partial charge in [-0.05, 0) is 38.9 Å². The van der Waals surface area contributed by atoms with E-state index in [9.17, 15) is 13.2 Å². The van der Waals surface area contributed by atoms with Gasteiger partial charge in [0.25, 0.3) is 16.0 Å². The quantitative estimate of drug-likeness (QED) is 0.511. The fourth-order valence-corrected chi connectivity index (χ4v) is 4.25. The highest BCUT2D eigenvalue weighted by molar-refractivity contribution is 7.87. The molecule has 1 aliphatic rings. The van der Waals surface area contributed by atoms with Gasteiger partial charge in [0, 0.05) is 18.7 Å². The first kappa shape index (κ1) is 20.5. The second kappa shape index (κ2) is 8.70.